The lowest BCUT2D eigenvalue weighted by molar-refractivity contribution is -0.119. The Balaban J connectivity index is 1.64. The normalized spacial score (nSPS) is 16.5. The largest absolute Gasteiger partial charge is 0.382 e. The van der Waals surface area contributed by atoms with Crippen molar-refractivity contribution in [2.24, 2.45) is 0 Å². The Morgan fingerprint density at radius 3 is 2.97 bits per heavy atom. The van der Waals surface area contributed by atoms with E-state index in [2.05, 4.69) is 25.9 Å². The molecule has 0 radical (unpaired) electrons. The second kappa shape index (κ2) is 8.62. The average molecular weight is 437 g/mol. The van der Waals surface area contributed by atoms with E-state index in [1.165, 1.54) is 6.20 Å². The van der Waals surface area contributed by atoms with Crippen LogP contribution in [0.1, 0.15) is 36.9 Å². The molecular weight excluding hydrogens is 416 g/mol. The van der Waals surface area contributed by atoms with Gasteiger partial charge in [-0.3, -0.25) is 4.79 Å². The lowest BCUT2D eigenvalue weighted by atomic mass is 10.1. The molecule has 1 aliphatic rings. The van der Waals surface area contributed by atoms with E-state index < -0.39 is 0 Å². The number of hydrogen-bond acceptors (Lipinski definition) is 8. The molecule has 0 bridgehead atoms. The van der Waals surface area contributed by atoms with Gasteiger partial charge in [-0.15, -0.1) is 0 Å². The van der Waals surface area contributed by atoms with Gasteiger partial charge in [0.1, 0.15) is 23.3 Å². The summed E-state index contributed by atoms with van der Waals surface area (Å²) < 4.78 is 0. The topological polar surface area (TPSA) is 142 Å². The SMILES string of the molecule is CC(Nc1ncc(C#N)c(N)n1)c1cc2cccc(Cl)c2nc1NCC1CCC(=O)N1. The highest BCUT2D eigenvalue weighted by Gasteiger charge is 2.22. The van der Waals surface area contributed by atoms with Crippen molar-refractivity contribution in [3.05, 3.63) is 46.6 Å². The molecule has 1 amide bonds. The minimum Gasteiger partial charge on any atom is -0.382 e. The summed E-state index contributed by atoms with van der Waals surface area (Å²) in [7, 11) is 0. The lowest BCUT2D eigenvalue weighted by Crippen LogP contribution is -2.32. The van der Waals surface area contributed by atoms with Gasteiger partial charge in [-0.1, -0.05) is 23.7 Å². The fourth-order valence-corrected chi connectivity index (χ4v) is 3.75. The molecule has 1 aromatic carbocycles. The van der Waals surface area contributed by atoms with Crippen molar-refractivity contribution in [1.82, 2.24) is 20.3 Å². The predicted molar refractivity (Wildman–Crippen MR) is 120 cm³/mol. The number of fused-ring (bicyclic) bond motifs is 1. The number of aromatic nitrogens is 3. The summed E-state index contributed by atoms with van der Waals surface area (Å²) in [4.78, 5) is 24.6. The fourth-order valence-electron chi connectivity index (χ4n) is 3.52. The van der Waals surface area contributed by atoms with E-state index >= 15 is 0 Å². The number of benzene rings is 1. The summed E-state index contributed by atoms with van der Waals surface area (Å²) >= 11 is 6.36. The number of carbonyl (C=O) groups is 1. The zero-order valence-electron chi connectivity index (χ0n) is 16.8. The molecule has 1 saturated heterocycles. The van der Waals surface area contributed by atoms with Crippen molar-refractivity contribution in [2.45, 2.75) is 31.8 Å². The van der Waals surface area contributed by atoms with Crippen LogP contribution in [0.4, 0.5) is 17.6 Å². The zero-order valence-corrected chi connectivity index (χ0v) is 17.6. The average Bonchev–Trinajstić information content (AvgIpc) is 3.17. The Kier molecular flexibility index (Phi) is 5.73. The smallest absolute Gasteiger partial charge is 0.225 e. The number of nitrogen functional groups attached to an aromatic ring is 1. The molecule has 4 rings (SSSR count). The number of hydrogen-bond donors (Lipinski definition) is 4. The lowest BCUT2D eigenvalue weighted by Gasteiger charge is -2.21. The van der Waals surface area contributed by atoms with Crippen LogP contribution in [0.25, 0.3) is 10.9 Å². The number of nitriles is 1. The summed E-state index contributed by atoms with van der Waals surface area (Å²) in [5, 5.41) is 20.0. The maximum absolute atomic E-state index is 11.5. The molecule has 10 heteroatoms. The van der Waals surface area contributed by atoms with E-state index in [4.69, 9.17) is 27.6 Å². The van der Waals surface area contributed by atoms with Crippen LogP contribution in [0.2, 0.25) is 5.02 Å². The Morgan fingerprint density at radius 2 is 2.26 bits per heavy atom. The molecule has 3 heterocycles. The van der Waals surface area contributed by atoms with E-state index in [0.717, 1.165) is 17.4 Å². The first kappa shape index (κ1) is 20.6. The second-order valence-electron chi connectivity index (χ2n) is 7.39. The molecular formula is C21H21ClN8O. The molecule has 158 valence electrons. The summed E-state index contributed by atoms with van der Waals surface area (Å²) in [6, 6.07) is 9.39. The Bertz CT molecular complexity index is 1190. The van der Waals surface area contributed by atoms with Gasteiger partial charge in [0.25, 0.3) is 0 Å². The molecule has 0 aliphatic carbocycles. The Labute approximate surface area is 184 Å². The molecule has 31 heavy (non-hydrogen) atoms. The predicted octanol–water partition coefficient (Wildman–Crippen LogP) is 3.00. The number of nitrogens with two attached hydrogens (primary N) is 1. The van der Waals surface area contributed by atoms with E-state index in [0.29, 0.717) is 35.3 Å². The molecule has 1 fully saturated rings. The van der Waals surface area contributed by atoms with Crippen molar-refractivity contribution in [2.75, 3.05) is 22.9 Å². The number of pyridine rings is 1. The van der Waals surface area contributed by atoms with Crippen LogP contribution in [-0.4, -0.2) is 33.4 Å². The molecule has 9 nitrogen and oxygen atoms in total. The Hall–Kier alpha value is -3.64. The van der Waals surface area contributed by atoms with Crippen LogP contribution >= 0.6 is 11.6 Å². The van der Waals surface area contributed by atoms with Gasteiger partial charge in [0.2, 0.25) is 11.9 Å². The van der Waals surface area contributed by atoms with Crippen molar-refractivity contribution >= 4 is 46.0 Å². The number of anilines is 3. The van der Waals surface area contributed by atoms with Crippen LogP contribution in [0.3, 0.4) is 0 Å². The fraction of sp³-hybridized carbons (Fsp3) is 0.286. The van der Waals surface area contributed by atoms with Gasteiger partial charge in [0, 0.05) is 30.0 Å². The maximum atomic E-state index is 11.5. The van der Waals surface area contributed by atoms with E-state index in [9.17, 15) is 4.79 Å². The van der Waals surface area contributed by atoms with Gasteiger partial charge in [0.15, 0.2) is 0 Å². The molecule has 2 atom stereocenters. The maximum Gasteiger partial charge on any atom is 0.225 e. The highest BCUT2D eigenvalue weighted by molar-refractivity contribution is 6.35. The van der Waals surface area contributed by atoms with Crippen LogP contribution < -0.4 is 21.7 Å². The Morgan fingerprint density at radius 1 is 1.42 bits per heavy atom. The molecule has 2 unspecified atom stereocenters. The molecule has 1 aliphatic heterocycles. The molecule has 3 aromatic rings. The molecule has 0 spiro atoms. The molecule has 2 aromatic heterocycles. The van der Waals surface area contributed by atoms with Crippen molar-refractivity contribution < 1.29 is 4.79 Å². The third-order valence-electron chi connectivity index (χ3n) is 5.18. The number of nitrogens with zero attached hydrogens (tertiary/aromatic N) is 4. The number of para-hydroxylation sites is 1. The minimum atomic E-state index is -0.233. The van der Waals surface area contributed by atoms with Gasteiger partial charge in [-0.25, -0.2) is 9.97 Å². The summed E-state index contributed by atoms with van der Waals surface area (Å²) in [5.41, 5.74) is 7.60. The summed E-state index contributed by atoms with van der Waals surface area (Å²) in [5.74, 6) is 1.14. The highest BCUT2D eigenvalue weighted by Crippen LogP contribution is 2.31. The summed E-state index contributed by atoms with van der Waals surface area (Å²) in [6.07, 6.45) is 2.70. The second-order valence-corrected chi connectivity index (χ2v) is 7.80. The summed E-state index contributed by atoms with van der Waals surface area (Å²) in [6.45, 7) is 2.50. The van der Waals surface area contributed by atoms with Crippen LogP contribution in [0.15, 0.2) is 30.5 Å². The van der Waals surface area contributed by atoms with Crippen LogP contribution in [-0.2, 0) is 4.79 Å². The molecule has 5 N–H and O–H groups in total. The van der Waals surface area contributed by atoms with E-state index in [-0.39, 0.29) is 29.4 Å². The highest BCUT2D eigenvalue weighted by atomic mass is 35.5. The number of amides is 1. The van der Waals surface area contributed by atoms with Gasteiger partial charge in [-0.2, -0.15) is 10.2 Å². The minimum absolute atomic E-state index is 0.0500. The van der Waals surface area contributed by atoms with Crippen molar-refractivity contribution in [3.8, 4) is 6.07 Å². The number of nitrogens with one attached hydrogen (secondary N) is 3. The number of halogens is 1. The monoisotopic (exact) mass is 436 g/mol. The van der Waals surface area contributed by atoms with Crippen molar-refractivity contribution in [1.29, 1.82) is 5.26 Å². The first-order valence-electron chi connectivity index (χ1n) is 9.86. The van der Waals surface area contributed by atoms with E-state index in [1.54, 1.807) is 6.07 Å². The van der Waals surface area contributed by atoms with Crippen LogP contribution in [0, 0.1) is 11.3 Å². The van der Waals surface area contributed by atoms with Gasteiger partial charge >= 0.3 is 0 Å². The zero-order chi connectivity index (χ0) is 22.0. The third-order valence-corrected chi connectivity index (χ3v) is 5.48. The van der Waals surface area contributed by atoms with E-state index in [1.807, 2.05) is 31.2 Å². The van der Waals surface area contributed by atoms with Crippen LogP contribution in [0.5, 0.6) is 0 Å². The van der Waals surface area contributed by atoms with Gasteiger partial charge in [0.05, 0.1) is 22.8 Å². The number of carbonyl (C=O) groups excluding carboxylic acids is 1. The quantitative estimate of drug-likeness (QED) is 0.462. The third kappa shape index (κ3) is 4.44. The standard InChI is InChI=1S/C21H21ClN8O/c1-11(27-21-26-9-13(8-23)19(24)30-21)15-7-12-3-2-4-16(22)18(12)29-20(15)25-10-14-5-6-17(31)28-14/h2-4,7,9,11,14H,5-6,10H2,1H3,(H,25,29)(H,28,31)(H3,24,26,27,30). The van der Waals surface area contributed by atoms with Gasteiger partial charge < -0.3 is 21.7 Å². The first-order valence-corrected chi connectivity index (χ1v) is 10.2. The number of rotatable bonds is 6. The van der Waals surface area contributed by atoms with Gasteiger partial charge in [-0.05, 0) is 25.5 Å². The van der Waals surface area contributed by atoms with Crippen molar-refractivity contribution in [3.63, 3.8) is 0 Å². The molecule has 0 saturated carbocycles. The first-order chi connectivity index (χ1) is 14.9.